The van der Waals surface area contributed by atoms with Gasteiger partial charge < -0.3 is 31.4 Å². The molecular weight excluding hydrogens is 428 g/mol. The van der Waals surface area contributed by atoms with Crippen molar-refractivity contribution in [3.63, 3.8) is 0 Å². The van der Waals surface area contributed by atoms with Crippen molar-refractivity contribution in [1.82, 2.24) is 24.5 Å². The Hall–Kier alpha value is -3.71. The summed E-state index contributed by atoms with van der Waals surface area (Å²) in [4.78, 5) is 29.2. The topological polar surface area (TPSA) is 184 Å². The van der Waals surface area contributed by atoms with E-state index in [-0.39, 0.29) is 30.1 Å². The number of nitrogens with two attached hydrogens (primary N) is 2. The minimum absolute atomic E-state index is 0.0594. The fourth-order valence-electron chi connectivity index (χ4n) is 4.63. The number of aliphatic hydroxyl groups is 2. The van der Waals surface area contributed by atoms with E-state index < -0.39 is 30.2 Å². The molecule has 170 valence electrons. The molecule has 3 aromatic heterocycles. The van der Waals surface area contributed by atoms with Gasteiger partial charge in [0.05, 0.1) is 12.7 Å². The van der Waals surface area contributed by atoms with Crippen molar-refractivity contribution in [3.8, 4) is 0 Å². The van der Waals surface area contributed by atoms with Crippen LogP contribution in [0.4, 0.5) is 17.7 Å². The molecule has 1 saturated heterocycles. The van der Waals surface area contributed by atoms with Crippen LogP contribution in [-0.2, 0) is 4.74 Å². The summed E-state index contributed by atoms with van der Waals surface area (Å²) in [5, 5.41) is 20.9. The minimum Gasteiger partial charge on any atom is -0.394 e. The summed E-state index contributed by atoms with van der Waals surface area (Å²) in [5.74, 6) is 0.921. The lowest BCUT2D eigenvalue weighted by Crippen LogP contribution is -2.41. The first-order valence-corrected chi connectivity index (χ1v) is 10.5. The van der Waals surface area contributed by atoms with Gasteiger partial charge in [-0.2, -0.15) is 4.98 Å². The summed E-state index contributed by atoms with van der Waals surface area (Å²) in [6, 6.07) is 7.85. The minimum atomic E-state index is -0.900. The molecule has 0 spiro atoms. The van der Waals surface area contributed by atoms with Gasteiger partial charge >= 0.3 is 0 Å². The molecular formula is C21H22N8O4. The highest BCUT2D eigenvalue weighted by molar-refractivity contribution is 5.97. The fraction of sp³-hybridized carbons (Fsp3) is 0.286. The summed E-state index contributed by atoms with van der Waals surface area (Å²) in [6.45, 7) is -0.353. The standard InChI is InChI=1S/C21H22N8O4/c22-14-6-5-10-9-3-1-2-4-11(9)24-17(10)28(14)21-25-16-18(26-20(23)27-19(16)32)29(21)15-7-12(31)13(8-30)33-15/h1-6,12-15,24,30-31H,7-8,22H2,(H3,23,26,27,32)/t12-,13+,14?,15+/m0/s1. The first kappa shape index (κ1) is 19.9. The lowest BCUT2D eigenvalue weighted by molar-refractivity contribution is -0.0427. The Morgan fingerprint density at radius 3 is 2.85 bits per heavy atom. The molecule has 33 heavy (non-hydrogen) atoms. The molecule has 1 unspecified atom stereocenters. The number of H-pyrrole nitrogens is 2. The van der Waals surface area contributed by atoms with Crippen LogP contribution in [0.15, 0.2) is 35.1 Å². The van der Waals surface area contributed by atoms with E-state index in [1.165, 1.54) is 0 Å². The molecule has 5 heterocycles. The predicted octanol–water partition coefficient (Wildman–Crippen LogP) is 0.273. The van der Waals surface area contributed by atoms with Crippen LogP contribution in [0.3, 0.4) is 0 Å². The van der Waals surface area contributed by atoms with Gasteiger partial charge in [-0.1, -0.05) is 24.3 Å². The van der Waals surface area contributed by atoms with E-state index in [4.69, 9.17) is 16.2 Å². The Bertz CT molecular complexity index is 1470. The van der Waals surface area contributed by atoms with Crippen molar-refractivity contribution in [1.29, 1.82) is 0 Å². The fourth-order valence-corrected chi connectivity index (χ4v) is 4.63. The summed E-state index contributed by atoms with van der Waals surface area (Å²) < 4.78 is 7.51. The van der Waals surface area contributed by atoms with E-state index in [1.54, 1.807) is 9.47 Å². The van der Waals surface area contributed by atoms with E-state index in [0.29, 0.717) is 11.8 Å². The molecule has 2 aliphatic heterocycles. The van der Waals surface area contributed by atoms with Gasteiger partial charge in [0.1, 0.15) is 24.3 Å². The molecule has 1 aromatic carbocycles. The summed E-state index contributed by atoms with van der Waals surface area (Å²) in [7, 11) is 0. The van der Waals surface area contributed by atoms with E-state index in [2.05, 4.69) is 19.9 Å². The van der Waals surface area contributed by atoms with Gasteiger partial charge in [0.2, 0.25) is 11.9 Å². The zero-order chi connectivity index (χ0) is 22.9. The molecule has 0 amide bonds. The maximum Gasteiger partial charge on any atom is 0.280 e. The molecule has 0 radical (unpaired) electrons. The van der Waals surface area contributed by atoms with Crippen LogP contribution in [0, 0.1) is 0 Å². The van der Waals surface area contributed by atoms with Gasteiger partial charge in [-0.25, -0.2) is 4.98 Å². The lowest BCUT2D eigenvalue weighted by atomic mass is 10.1. The number of aromatic nitrogens is 5. The molecule has 2 aliphatic rings. The first-order chi connectivity index (χ1) is 16.0. The number of aliphatic hydroxyl groups excluding tert-OH is 2. The van der Waals surface area contributed by atoms with Gasteiger partial charge in [-0.05, 0) is 12.1 Å². The van der Waals surface area contributed by atoms with Crippen LogP contribution in [0.5, 0.6) is 0 Å². The Morgan fingerprint density at radius 1 is 1.24 bits per heavy atom. The zero-order valence-corrected chi connectivity index (χ0v) is 17.3. The smallest absolute Gasteiger partial charge is 0.280 e. The quantitative estimate of drug-likeness (QED) is 0.255. The monoisotopic (exact) mass is 450 g/mol. The second kappa shape index (κ2) is 7.15. The number of nitrogens with zero attached hydrogens (tertiary/aromatic N) is 4. The van der Waals surface area contributed by atoms with E-state index in [9.17, 15) is 15.0 Å². The lowest BCUT2D eigenvalue weighted by Gasteiger charge is -2.31. The van der Waals surface area contributed by atoms with Crippen LogP contribution in [-0.4, -0.2) is 59.7 Å². The largest absolute Gasteiger partial charge is 0.394 e. The van der Waals surface area contributed by atoms with Gasteiger partial charge in [-0.15, -0.1) is 0 Å². The molecule has 6 rings (SSSR count). The normalized spacial score (nSPS) is 24.8. The highest BCUT2D eigenvalue weighted by Gasteiger charge is 2.39. The number of benzene rings is 1. The maximum atomic E-state index is 12.7. The third-order valence-electron chi connectivity index (χ3n) is 6.16. The van der Waals surface area contributed by atoms with E-state index in [0.717, 1.165) is 16.5 Å². The predicted molar refractivity (Wildman–Crippen MR) is 122 cm³/mol. The van der Waals surface area contributed by atoms with Crippen molar-refractivity contribution in [2.45, 2.75) is 31.0 Å². The molecule has 0 saturated carbocycles. The molecule has 0 bridgehead atoms. The van der Waals surface area contributed by atoms with Crippen molar-refractivity contribution >= 4 is 45.9 Å². The number of anilines is 3. The first-order valence-electron chi connectivity index (χ1n) is 10.5. The number of imidazole rings is 1. The number of hydrogen-bond donors (Lipinski definition) is 6. The van der Waals surface area contributed by atoms with Crippen LogP contribution < -0.4 is 21.9 Å². The average molecular weight is 450 g/mol. The maximum absolute atomic E-state index is 12.7. The Kier molecular flexibility index (Phi) is 4.32. The molecule has 4 aromatic rings. The number of nitrogens with one attached hydrogen (secondary N) is 2. The number of rotatable bonds is 3. The second-order valence-corrected chi connectivity index (χ2v) is 8.17. The van der Waals surface area contributed by atoms with Crippen LogP contribution in [0.1, 0.15) is 18.2 Å². The molecule has 4 atom stereocenters. The van der Waals surface area contributed by atoms with Crippen LogP contribution in [0.2, 0.25) is 0 Å². The SMILES string of the molecule is Nc1nc2c(nc(N3c4[nH]c5ccccc5c4C=CC3N)n2[C@H]2C[C@H](O)[C@@H](CO)O2)c(=O)[nH]1. The van der Waals surface area contributed by atoms with Crippen LogP contribution >= 0.6 is 0 Å². The van der Waals surface area contributed by atoms with Crippen molar-refractivity contribution < 1.29 is 14.9 Å². The number of hydrogen-bond acceptors (Lipinski definition) is 9. The van der Waals surface area contributed by atoms with Crippen LogP contribution in [0.25, 0.3) is 28.1 Å². The summed E-state index contributed by atoms with van der Waals surface area (Å²) in [6.07, 6.45) is 0.898. The summed E-state index contributed by atoms with van der Waals surface area (Å²) in [5.41, 5.74) is 13.9. The van der Waals surface area contributed by atoms with Crippen molar-refractivity contribution in [2.75, 3.05) is 17.2 Å². The highest BCUT2D eigenvalue weighted by Crippen LogP contribution is 2.41. The number of nitrogen functional groups attached to an aromatic ring is 1. The second-order valence-electron chi connectivity index (χ2n) is 8.17. The number of fused-ring (bicyclic) bond motifs is 4. The highest BCUT2D eigenvalue weighted by atomic mass is 16.5. The number of aromatic amines is 2. The average Bonchev–Trinajstić information content (AvgIpc) is 3.46. The van der Waals surface area contributed by atoms with Gasteiger partial charge in [0.25, 0.3) is 5.56 Å². The third kappa shape index (κ3) is 2.89. The van der Waals surface area contributed by atoms with E-state index >= 15 is 0 Å². The number of para-hydroxylation sites is 1. The summed E-state index contributed by atoms with van der Waals surface area (Å²) >= 11 is 0. The Balaban J connectivity index is 1.61. The van der Waals surface area contributed by atoms with Crippen molar-refractivity contribution in [3.05, 3.63) is 46.3 Å². The third-order valence-corrected chi connectivity index (χ3v) is 6.16. The van der Waals surface area contributed by atoms with Gasteiger partial charge in [0, 0.05) is 22.9 Å². The Labute approximate surface area is 186 Å². The molecule has 1 fully saturated rings. The number of ether oxygens (including phenoxy) is 1. The van der Waals surface area contributed by atoms with Crippen molar-refractivity contribution in [2.24, 2.45) is 5.73 Å². The van der Waals surface area contributed by atoms with E-state index in [1.807, 2.05) is 36.4 Å². The zero-order valence-electron chi connectivity index (χ0n) is 17.3. The molecule has 0 aliphatic carbocycles. The molecule has 12 nitrogen and oxygen atoms in total. The Morgan fingerprint density at radius 2 is 2.06 bits per heavy atom. The molecule has 8 N–H and O–H groups in total. The van der Waals surface area contributed by atoms with Gasteiger partial charge in [-0.3, -0.25) is 19.2 Å². The van der Waals surface area contributed by atoms with Gasteiger partial charge in [0.15, 0.2) is 11.2 Å². The molecule has 12 heteroatoms.